The van der Waals surface area contributed by atoms with Gasteiger partial charge in [0, 0.05) is 37.2 Å². The van der Waals surface area contributed by atoms with E-state index in [-0.39, 0.29) is 41.8 Å². The SMILES string of the molecule is C[C@@H]1N(c2cc(C#Cc3ccnn3C)cnc2O[C@H]2C[C@@H](C(=O)O)N(c3nc(C(F)F)nc4c3oc3ccccc34)C2)CCOC12COC2. The van der Waals surface area contributed by atoms with Gasteiger partial charge >= 0.3 is 5.97 Å². The second-order valence-electron chi connectivity index (χ2n) is 12.4. The lowest BCUT2D eigenvalue weighted by molar-refractivity contribution is -0.228. The summed E-state index contributed by atoms with van der Waals surface area (Å²) in [7, 11) is 1.81. The molecule has 8 rings (SSSR count). The molecular formula is C34H31F2N7O6. The summed E-state index contributed by atoms with van der Waals surface area (Å²) in [5.74, 6) is 4.66. The minimum absolute atomic E-state index is 0.0163. The molecule has 0 bridgehead atoms. The van der Waals surface area contributed by atoms with Gasteiger partial charge in [0.05, 0.1) is 38.6 Å². The third-order valence-corrected chi connectivity index (χ3v) is 9.45. The second-order valence-corrected chi connectivity index (χ2v) is 12.4. The Morgan fingerprint density at radius 1 is 1.16 bits per heavy atom. The monoisotopic (exact) mass is 671 g/mol. The summed E-state index contributed by atoms with van der Waals surface area (Å²) in [4.78, 5) is 29.1. The number of aliphatic carboxylic acids is 1. The lowest BCUT2D eigenvalue weighted by Crippen LogP contribution is -2.68. The summed E-state index contributed by atoms with van der Waals surface area (Å²) in [6, 6.07) is 9.37. The Hall–Kier alpha value is -5.33. The van der Waals surface area contributed by atoms with E-state index >= 15 is 0 Å². The number of pyridine rings is 1. The van der Waals surface area contributed by atoms with Gasteiger partial charge in [-0.3, -0.25) is 4.68 Å². The third kappa shape index (κ3) is 5.37. The van der Waals surface area contributed by atoms with E-state index in [1.165, 1.54) is 4.90 Å². The minimum atomic E-state index is -2.99. The molecule has 5 aromatic rings. The zero-order valence-corrected chi connectivity index (χ0v) is 26.5. The highest BCUT2D eigenvalue weighted by atomic mass is 19.3. The topological polar surface area (TPSA) is 141 Å². The zero-order valence-electron chi connectivity index (χ0n) is 26.5. The molecule has 3 aliphatic rings. The molecule has 3 saturated heterocycles. The molecule has 0 saturated carbocycles. The molecule has 1 N–H and O–H groups in total. The Labute approximate surface area is 278 Å². The van der Waals surface area contributed by atoms with Gasteiger partial charge in [0.15, 0.2) is 17.2 Å². The normalized spacial score (nSPS) is 21.7. The number of rotatable bonds is 6. The molecule has 49 heavy (non-hydrogen) atoms. The summed E-state index contributed by atoms with van der Waals surface area (Å²) in [6.07, 6.45) is -0.370. The number of nitrogens with zero attached hydrogens (tertiary/aromatic N) is 7. The predicted octanol–water partition coefficient (Wildman–Crippen LogP) is 3.95. The molecule has 4 aromatic heterocycles. The summed E-state index contributed by atoms with van der Waals surface area (Å²) in [6.45, 7) is 4.01. The van der Waals surface area contributed by atoms with Crippen LogP contribution < -0.4 is 14.5 Å². The Bertz CT molecular complexity index is 2140. The summed E-state index contributed by atoms with van der Waals surface area (Å²) >= 11 is 0. The third-order valence-electron chi connectivity index (χ3n) is 9.45. The quantitative estimate of drug-likeness (QED) is 0.262. The van der Waals surface area contributed by atoms with E-state index in [4.69, 9.17) is 18.6 Å². The van der Waals surface area contributed by atoms with Gasteiger partial charge in [-0.25, -0.2) is 28.5 Å². The molecule has 1 aromatic carbocycles. The Balaban J connectivity index is 1.16. The number of ether oxygens (including phenoxy) is 3. The van der Waals surface area contributed by atoms with E-state index in [2.05, 4.69) is 43.7 Å². The first kappa shape index (κ1) is 31.0. The van der Waals surface area contributed by atoms with Crippen LogP contribution in [0.3, 0.4) is 0 Å². The lowest BCUT2D eigenvalue weighted by atomic mass is 9.90. The fourth-order valence-electron chi connectivity index (χ4n) is 6.74. The van der Waals surface area contributed by atoms with Gasteiger partial charge in [-0.15, -0.1) is 0 Å². The summed E-state index contributed by atoms with van der Waals surface area (Å²) in [5, 5.41) is 15.0. The van der Waals surface area contributed by atoms with Crippen LogP contribution in [0, 0.1) is 11.8 Å². The van der Waals surface area contributed by atoms with Gasteiger partial charge in [0.2, 0.25) is 5.88 Å². The molecule has 1 spiro atoms. The number of hydrogen-bond donors (Lipinski definition) is 1. The standard InChI is InChI=1S/C34H31F2N7O6/c1-19-34(17-46-18-34)47-12-11-42(19)24-13-20(7-8-21-9-10-38-41(21)2)15-37-32(24)48-22-14-25(33(44)45)43(16-22)31-28-27(39-30(40-31)29(35)36)23-5-3-4-6-26(23)49-28/h3-6,9-10,13,15,19,22,25,29H,11-12,14,16-18H2,1-2H3,(H,44,45)/t19-,22-,25-/m0/s1. The molecule has 3 fully saturated rings. The highest BCUT2D eigenvalue weighted by Gasteiger charge is 2.50. The van der Waals surface area contributed by atoms with Crippen LogP contribution in [0.2, 0.25) is 0 Å². The van der Waals surface area contributed by atoms with Crippen LogP contribution in [0.4, 0.5) is 20.3 Å². The number of furan rings is 1. The number of carboxylic acids is 1. The molecule has 3 aliphatic heterocycles. The highest BCUT2D eigenvalue weighted by Crippen LogP contribution is 2.41. The molecular weight excluding hydrogens is 640 g/mol. The van der Waals surface area contributed by atoms with Crippen molar-refractivity contribution in [2.24, 2.45) is 7.05 Å². The number of carboxylic acid groups (broad SMARTS) is 1. The fraction of sp³-hybridized carbons (Fsp3) is 0.382. The first-order valence-electron chi connectivity index (χ1n) is 15.8. The number of carbonyl (C=O) groups is 1. The van der Waals surface area contributed by atoms with Crippen LogP contribution in [-0.4, -0.2) is 92.5 Å². The van der Waals surface area contributed by atoms with E-state index < -0.39 is 36.0 Å². The number of aryl methyl sites for hydroxylation is 1. The largest absolute Gasteiger partial charge is 0.480 e. The number of anilines is 2. The fourth-order valence-corrected chi connectivity index (χ4v) is 6.74. The van der Waals surface area contributed by atoms with E-state index in [0.29, 0.717) is 48.6 Å². The minimum Gasteiger partial charge on any atom is -0.480 e. The maximum absolute atomic E-state index is 14.1. The highest BCUT2D eigenvalue weighted by molar-refractivity contribution is 6.06. The van der Waals surface area contributed by atoms with Crippen LogP contribution in [0.1, 0.15) is 36.9 Å². The van der Waals surface area contributed by atoms with E-state index in [0.717, 1.165) is 5.69 Å². The van der Waals surface area contributed by atoms with Gasteiger partial charge in [-0.2, -0.15) is 5.10 Å². The molecule has 252 valence electrons. The van der Waals surface area contributed by atoms with Crippen LogP contribution in [0.15, 0.2) is 53.2 Å². The number of fused-ring (bicyclic) bond motifs is 3. The van der Waals surface area contributed by atoms with Gasteiger partial charge in [-0.05, 0) is 37.1 Å². The van der Waals surface area contributed by atoms with Crippen LogP contribution in [0.5, 0.6) is 5.88 Å². The van der Waals surface area contributed by atoms with Crippen molar-refractivity contribution in [2.75, 3.05) is 42.7 Å². The molecule has 0 amide bonds. The van der Waals surface area contributed by atoms with Gasteiger partial charge in [0.25, 0.3) is 6.43 Å². The van der Waals surface area contributed by atoms with Crippen LogP contribution in [0.25, 0.3) is 22.1 Å². The van der Waals surface area contributed by atoms with Gasteiger partial charge in [0.1, 0.15) is 40.2 Å². The Morgan fingerprint density at radius 3 is 2.73 bits per heavy atom. The molecule has 7 heterocycles. The van der Waals surface area contributed by atoms with Crippen LogP contribution >= 0.6 is 0 Å². The maximum Gasteiger partial charge on any atom is 0.326 e. The summed E-state index contributed by atoms with van der Waals surface area (Å²) in [5.41, 5.74) is 2.31. The van der Waals surface area contributed by atoms with Crippen molar-refractivity contribution in [1.82, 2.24) is 24.7 Å². The average Bonchev–Trinajstić information content (AvgIpc) is 3.80. The molecule has 13 nitrogen and oxygen atoms in total. The van der Waals surface area contributed by atoms with Gasteiger partial charge in [-0.1, -0.05) is 18.1 Å². The van der Waals surface area contributed by atoms with Crippen molar-refractivity contribution in [3.05, 3.63) is 65.9 Å². The first-order valence-corrected chi connectivity index (χ1v) is 15.8. The molecule has 3 atom stereocenters. The van der Waals surface area contributed by atoms with Crippen molar-refractivity contribution in [2.45, 2.75) is 43.6 Å². The molecule has 0 radical (unpaired) electrons. The number of morpholine rings is 1. The smallest absolute Gasteiger partial charge is 0.326 e. The average molecular weight is 672 g/mol. The Morgan fingerprint density at radius 2 is 2.00 bits per heavy atom. The lowest BCUT2D eigenvalue weighted by Gasteiger charge is -2.53. The number of aromatic nitrogens is 5. The van der Waals surface area contributed by atoms with E-state index in [1.54, 1.807) is 41.3 Å². The summed E-state index contributed by atoms with van der Waals surface area (Å²) < 4.78 is 54.0. The van der Waals surface area contributed by atoms with E-state index in [1.807, 2.05) is 19.2 Å². The Kier molecular flexibility index (Phi) is 7.57. The first-order chi connectivity index (χ1) is 23.7. The van der Waals surface area contributed by atoms with Crippen molar-refractivity contribution in [1.29, 1.82) is 0 Å². The van der Waals surface area contributed by atoms with Crippen LogP contribution in [-0.2, 0) is 21.3 Å². The zero-order chi connectivity index (χ0) is 33.9. The number of alkyl halides is 2. The molecule has 0 unspecified atom stereocenters. The number of benzene rings is 1. The van der Waals surface area contributed by atoms with Crippen molar-refractivity contribution in [3.63, 3.8) is 0 Å². The predicted molar refractivity (Wildman–Crippen MR) is 172 cm³/mol. The molecule has 0 aliphatic carbocycles. The molecule has 15 heteroatoms. The second kappa shape index (κ2) is 12.0. The number of hydrogen-bond acceptors (Lipinski definition) is 11. The van der Waals surface area contributed by atoms with Crippen molar-refractivity contribution in [3.8, 4) is 17.7 Å². The van der Waals surface area contributed by atoms with Gasteiger partial charge < -0.3 is 33.5 Å². The van der Waals surface area contributed by atoms with Crippen molar-refractivity contribution >= 4 is 39.5 Å². The van der Waals surface area contributed by atoms with E-state index in [9.17, 15) is 18.7 Å². The number of halogens is 2. The number of para-hydroxylation sites is 1. The van der Waals surface area contributed by atoms with Crippen molar-refractivity contribution < 1.29 is 37.3 Å². The maximum atomic E-state index is 14.1.